The second-order valence-electron chi connectivity index (χ2n) is 6.75. The minimum Gasteiger partial charge on any atom is -0.357 e. The number of rotatable bonds is 7. The second kappa shape index (κ2) is 10.8. The molecule has 0 spiro atoms. The molecular formula is C20H31FN4O. The Hall–Kier alpha value is -2.11. The van der Waals surface area contributed by atoms with Crippen LogP contribution in [0, 0.1) is 12.7 Å². The molecule has 0 atom stereocenters. The zero-order chi connectivity index (χ0) is 18.8. The highest BCUT2D eigenvalue weighted by molar-refractivity contribution is 5.79. The summed E-state index contributed by atoms with van der Waals surface area (Å²) in [5.74, 6) is 0.804. The predicted molar refractivity (Wildman–Crippen MR) is 104 cm³/mol. The molecule has 1 aliphatic heterocycles. The zero-order valence-corrected chi connectivity index (χ0v) is 16.0. The van der Waals surface area contributed by atoms with E-state index in [1.165, 1.54) is 6.07 Å². The Bertz CT molecular complexity index is 618. The Kier molecular flexibility index (Phi) is 8.38. The average Bonchev–Trinajstić information content (AvgIpc) is 2.83. The van der Waals surface area contributed by atoms with E-state index in [9.17, 15) is 9.18 Å². The first-order valence-electron chi connectivity index (χ1n) is 9.65. The van der Waals surface area contributed by atoms with Crippen LogP contribution in [0.3, 0.4) is 0 Å². The second-order valence-corrected chi connectivity index (χ2v) is 6.75. The number of carbonyl (C=O) groups excluding carboxylic acids is 1. The molecule has 0 bridgehead atoms. The van der Waals surface area contributed by atoms with E-state index < -0.39 is 0 Å². The van der Waals surface area contributed by atoms with Crippen molar-refractivity contribution in [2.75, 3.05) is 26.2 Å². The van der Waals surface area contributed by atoms with Gasteiger partial charge in [-0.2, -0.15) is 0 Å². The number of nitrogens with zero attached hydrogens (tertiary/aromatic N) is 2. The first kappa shape index (κ1) is 20.2. The number of nitrogens with one attached hydrogen (secondary N) is 2. The van der Waals surface area contributed by atoms with Crippen molar-refractivity contribution in [2.45, 2.75) is 52.5 Å². The van der Waals surface area contributed by atoms with Crippen molar-refractivity contribution in [3.05, 3.63) is 35.1 Å². The van der Waals surface area contributed by atoms with Crippen LogP contribution >= 0.6 is 0 Å². The van der Waals surface area contributed by atoms with Crippen LogP contribution < -0.4 is 10.6 Å². The fourth-order valence-electron chi connectivity index (χ4n) is 3.00. The number of benzene rings is 1. The van der Waals surface area contributed by atoms with Gasteiger partial charge in [0.25, 0.3) is 0 Å². The van der Waals surface area contributed by atoms with Gasteiger partial charge in [-0.25, -0.2) is 9.38 Å². The summed E-state index contributed by atoms with van der Waals surface area (Å²) in [6, 6.07) is 5.21. The molecule has 0 aliphatic carbocycles. The summed E-state index contributed by atoms with van der Waals surface area (Å²) in [6.07, 6.45) is 4.85. The van der Waals surface area contributed by atoms with Crippen LogP contribution in [0.4, 0.5) is 4.39 Å². The van der Waals surface area contributed by atoms with E-state index in [-0.39, 0.29) is 11.7 Å². The number of aryl methyl sites for hydroxylation is 1. The number of halogens is 1. The van der Waals surface area contributed by atoms with Gasteiger partial charge in [0.05, 0.1) is 6.54 Å². The first-order chi connectivity index (χ1) is 12.6. The zero-order valence-electron chi connectivity index (χ0n) is 16.0. The highest BCUT2D eigenvalue weighted by atomic mass is 19.1. The molecule has 0 saturated carbocycles. The molecular weight excluding hydrogens is 331 g/mol. The van der Waals surface area contributed by atoms with Crippen molar-refractivity contribution in [2.24, 2.45) is 4.99 Å². The molecule has 26 heavy (non-hydrogen) atoms. The monoisotopic (exact) mass is 362 g/mol. The van der Waals surface area contributed by atoms with E-state index in [1.807, 2.05) is 17.9 Å². The molecule has 2 rings (SSSR count). The fourth-order valence-corrected chi connectivity index (χ4v) is 3.00. The molecule has 1 amide bonds. The number of hydrogen-bond acceptors (Lipinski definition) is 2. The van der Waals surface area contributed by atoms with Crippen molar-refractivity contribution in [1.82, 2.24) is 15.5 Å². The standard InChI is InChI=1S/C20H31FN4O/c1-3-22-20(24-15-17-10-9-16(2)18(21)14-17)23-11-7-13-25-12-6-4-5-8-19(25)26/h9-10,14H,3-8,11-13,15H2,1-2H3,(H2,22,23,24). The van der Waals surface area contributed by atoms with Crippen LogP contribution in [0.15, 0.2) is 23.2 Å². The maximum atomic E-state index is 13.6. The van der Waals surface area contributed by atoms with E-state index in [2.05, 4.69) is 15.6 Å². The van der Waals surface area contributed by atoms with Gasteiger partial charge in [0.15, 0.2) is 5.96 Å². The summed E-state index contributed by atoms with van der Waals surface area (Å²) >= 11 is 0. The fraction of sp³-hybridized carbons (Fsp3) is 0.600. The first-order valence-corrected chi connectivity index (χ1v) is 9.65. The number of likely N-dealkylation sites (tertiary alicyclic amines) is 1. The molecule has 1 aromatic carbocycles. The van der Waals surface area contributed by atoms with Gasteiger partial charge in [-0.1, -0.05) is 18.6 Å². The quantitative estimate of drug-likeness (QED) is 0.445. The van der Waals surface area contributed by atoms with Crippen molar-refractivity contribution >= 4 is 11.9 Å². The third kappa shape index (κ3) is 6.65. The molecule has 1 heterocycles. The number of amides is 1. The van der Waals surface area contributed by atoms with Crippen molar-refractivity contribution < 1.29 is 9.18 Å². The van der Waals surface area contributed by atoms with Gasteiger partial charge in [0, 0.05) is 32.6 Å². The van der Waals surface area contributed by atoms with Crippen LogP contribution in [-0.4, -0.2) is 42.9 Å². The lowest BCUT2D eigenvalue weighted by Crippen LogP contribution is -2.39. The number of aliphatic imine (C=N–C) groups is 1. The summed E-state index contributed by atoms with van der Waals surface area (Å²) in [5, 5.41) is 6.49. The third-order valence-corrected chi connectivity index (χ3v) is 4.57. The van der Waals surface area contributed by atoms with Crippen molar-refractivity contribution in [1.29, 1.82) is 0 Å². The molecule has 144 valence electrons. The van der Waals surface area contributed by atoms with Gasteiger partial charge < -0.3 is 15.5 Å². The van der Waals surface area contributed by atoms with Gasteiger partial charge >= 0.3 is 0 Å². The third-order valence-electron chi connectivity index (χ3n) is 4.57. The Morgan fingerprint density at radius 1 is 1.27 bits per heavy atom. The summed E-state index contributed by atoms with van der Waals surface area (Å²) in [4.78, 5) is 18.5. The normalized spacial score (nSPS) is 15.7. The van der Waals surface area contributed by atoms with Crippen molar-refractivity contribution in [3.63, 3.8) is 0 Å². The van der Waals surface area contributed by atoms with Gasteiger partial charge in [0.2, 0.25) is 5.91 Å². The molecule has 1 aliphatic rings. The Balaban J connectivity index is 1.79. The lowest BCUT2D eigenvalue weighted by Gasteiger charge is -2.20. The molecule has 0 aromatic heterocycles. The summed E-state index contributed by atoms with van der Waals surface area (Å²) in [6.45, 7) is 7.37. The van der Waals surface area contributed by atoms with Crippen LogP contribution in [0.25, 0.3) is 0 Å². The number of hydrogen-bond donors (Lipinski definition) is 2. The smallest absolute Gasteiger partial charge is 0.222 e. The molecule has 5 nitrogen and oxygen atoms in total. The van der Waals surface area contributed by atoms with Crippen LogP contribution in [0.5, 0.6) is 0 Å². The van der Waals surface area contributed by atoms with E-state index in [4.69, 9.17) is 0 Å². The van der Waals surface area contributed by atoms with E-state index >= 15 is 0 Å². The largest absolute Gasteiger partial charge is 0.357 e. The molecule has 0 radical (unpaired) electrons. The SMILES string of the molecule is CCNC(=NCc1ccc(C)c(F)c1)NCCCN1CCCCCC1=O. The van der Waals surface area contributed by atoms with E-state index in [0.29, 0.717) is 18.5 Å². The molecule has 2 N–H and O–H groups in total. The molecule has 0 unspecified atom stereocenters. The highest BCUT2D eigenvalue weighted by Gasteiger charge is 2.15. The minimum atomic E-state index is -0.197. The Morgan fingerprint density at radius 2 is 2.12 bits per heavy atom. The Labute approximate surface area is 156 Å². The van der Waals surface area contributed by atoms with Gasteiger partial charge in [-0.15, -0.1) is 0 Å². The van der Waals surface area contributed by atoms with Gasteiger partial charge in [-0.05, 0) is 50.3 Å². The lowest BCUT2D eigenvalue weighted by molar-refractivity contribution is -0.130. The average molecular weight is 362 g/mol. The maximum absolute atomic E-state index is 13.6. The molecule has 1 aromatic rings. The van der Waals surface area contributed by atoms with Crippen LogP contribution in [0.1, 0.15) is 50.2 Å². The predicted octanol–water partition coefficient (Wildman–Crippen LogP) is 2.98. The van der Waals surface area contributed by atoms with Gasteiger partial charge in [0.1, 0.15) is 5.82 Å². The van der Waals surface area contributed by atoms with Crippen LogP contribution in [-0.2, 0) is 11.3 Å². The summed E-state index contributed by atoms with van der Waals surface area (Å²) in [5.41, 5.74) is 1.49. The Morgan fingerprint density at radius 3 is 2.88 bits per heavy atom. The van der Waals surface area contributed by atoms with Gasteiger partial charge in [-0.3, -0.25) is 4.79 Å². The molecule has 1 fully saturated rings. The maximum Gasteiger partial charge on any atom is 0.222 e. The van der Waals surface area contributed by atoms with E-state index in [1.54, 1.807) is 13.0 Å². The summed E-state index contributed by atoms with van der Waals surface area (Å²) in [7, 11) is 0. The number of carbonyl (C=O) groups is 1. The highest BCUT2D eigenvalue weighted by Crippen LogP contribution is 2.11. The van der Waals surface area contributed by atoms with Crippen molar-refractivity contribution in [3.8, 4) is 0 Å². The topological polar surface area (TPSA) is 56.7 Å². The molecule has 6 heteroatoms. The summed E-state index contributed by atoms with van der Waals surface area (Å²) < 4.78 is 13.6. The van der Waals surface area contributed by atoms with E-state index in [0.717, 1.165) is 63.4 Å². The lowest BCUT2D eigenvalue weighted by atomic mass is 10.1. The number of guanidine groups is 1. The molecule has 1 saturated heterocycles. The van der Waals surface area contributed by atoms with Crippen LogP contribution in [0.2, 0.25) is 0 Å². The minimum absolute atomic E-state index is 0.197.